The molecule has 1 atom stereocenters. The molecule has 0 spiro atoms. The van der Waals surface area contributed by atoms with E-state index in [2.05, 4.69) is 5.32 Å². The van der Waals surface area contributed by atoms with Gasteiger partial charge in [-0.05, 0) is 25.0 Å². The summed E-state index contributed by atoms with van der Waals surface area (Å²) in [6, 6.07) is 15.9. The number of likely N-dealkylation sites (tertiary alicyclic amines) is 1. The number of nitrogens with one attached hydrogen (secondary N) is 1. The van der Waals surface area contributed by atoms with Gasteiger partial charge in [0.15, 0.2) is 0 Å². The molecule has 1 N–H and O–H groups in total. The number of carbonyl (C=O) groups excluding carboxylic acids is 2. The Morgan fingerprint density at radius 2 is 1.84 bits per heavy atom. The summed E-state index contributed by atoms with van der Waals surface area (Å²) < 4.78 is 14.0. The molecule has 1 heterocycles. The number of carbonyl (C=O) groups is 2. The van der Waals surface area contributed by atoms with E-state index in [1.807, 2.05) is 30.3 Å². The highest BCUT2D eigenvalue weighted by Crippen LogP contribution is 2.32. The molecule has 1 aliphatic heterocycles. The third kappa shape index (κ3) is 3.55. The van der Waals surface area contributed by atoms with Crippen molar-refractivity contribution in [3.8, 4) is 0 Å². The maximum atomic E-state index is 14.0. The molecule has 2 aromatic carbocycles. The van der Waals surface area contributed by atoms with Gasteiger partial charge in [-0.15, -0.1) is 0 Å². The first-order valence-corrected chi connectivity index (χ1v) is 8.37. The van der Waals surface area contributed by atoms with E-state index in [9.17, 15) is 14.0 Å². The second kappa shape index (κ2) is 7.05. The van der Waals surface area contributed by atoms with Crippen LogP contribution in [-0.4, -0.2) is 22.3 Å². The van der Waals surface area contributed by atoms with Crippen LogP contribution in [0.4, 0.5) is 4.39 Å². The van der Waals surface area contributed by atoms with Crippen molar-refractivity contribution in [2.24, 2.45) is 0 Å². The Morgan fingerprint density at radius 3 is 2.56 bits per heavy atom. The van der Waals surface area contributed by atoms with Crippen LogP contribution in [0.5, 0.6) is 0 Å². The molecule has 1 aliphatic rings. The Morgan fingerprint density at radius 1 is 1.16 bits per heavy atom. The van der Waals surface area contributed by atoms with Crippen molar-refractivity contribution in [2.75, 3.05) is 0 Å². The molecule has 0 radical (unpaired) electrons. The SMILES string of the molecule is C[C@@]1(C(=O)NCc2ccccc2)CCC(=O)N1Cc1ccccc1F. The van der Waals surface area contributed by atoms with E-state index in [0.29, 0.717) is 24.9 Å². The molecule has 0 aliphatic carbocycles. The lowest BCUT2D eigenvalue weighted by Gasteiger charge is -2.34. The molecule has 25 heavy (non-hydrogen) atoms. The van der Waals surface area contributed by atoms with E-state index >= 15 is 0 Å². The molecule has 0 saturated carbocycles. The summed E-state index contributed by atoms with van der Waals surface area (Å²) in [5.41, 5.74) is 0.443. The minimum absolute atomic E-state index is 0.0980. The normalized spacial score (nSPS) is 19.9. The lowest BCUT2D eigenvalue weighted by Crippen LogP contribution is -2.54. The summed E-state index contributed by atoms with van der Waals surface area (Å²) >= 11 is 0. The highest BCUT2D eigenvalue weighted by atomic mass is 19.1. The van der Waals surface area contributed by atoms with Crippen LogP contribution in [0.2, 0.25) is 0 Å². The van der Waals surface area contributed by atoms with Crippen LogP contribution in [0, 0.1) is 5.82 Å². The van der Waals surface area contributed by atoms with E-state index in [-0.39, 0.29) is 24.2 Å². The van der Waals surface area contributed by atoms with Crippen molar-refractivity contribution in [2.45, 2.75) is 38.4 Å². The lowest BCUT2D eigenvalue weighted by atomic mass is 9.97. The van der Waals surface area contributed by atoms with Crippen LogP contribution in [0.25, 0.3) is 0 Å². The van der Waals surface area contributed by atoms with Gasteiger partial charge in [-0.1, -0.05) is 48.5 Å². The molecule has 130 valence electrons. The fraction of sp³-hybridized carbons (Fsp3) is 0.300. The Hall–Kier alpha value is -2.69. The molecule has 0 bridgehead atoms. The molecular weight excluding hydrogens is 319 g/mol. The maximum Gasteiger partial charge on any atom is 0.245 e. The quantitative estimate of drug-likeness (QED) is 0.909. The summed E-state index contributed by atoms with van der Waals surface area (Å²) in [7, 11) is 0. The fourth-order valence-electron chi connectivity index (χ4n) is 3.16. The van der Waals surface area contributed by atoms with Gasteiger partial charge in [0.05, 0.1) is 0 Å². The Balaban J connectivity index is 1.74. The average molecular weight is 340 g/mol. The molecule has 1 saturated heterocycles. The van der Waals surface area contributed by atoms with Gasteiger partial charge >= 0.3 is 0 Å². The van der Waals surface area contributed by atoms with E-state index in [0.717, 1.165) is 5.56 Å². The third-order valence-electron chi connectivity index (χ3n) is 4.79. The Bertz CT molecular complexity index is 778. The third-order valence-corrected chi connectivity index (χ3v) is 4.79. The highest BCUT2D eigenvalue weighted by molar-refractivity contribution is 5.94. The number of nitrogens with zero attached hydrogens (tertiary/aromatic N) is 1. The minimum Gasteiger partial charge on any atom is -0.350 e. The zero-order valence-electron chi connectivity index (χ0n) is 14.2. The number of benzene rings is 2. The summed E-state index contributed by atoms with van der Waals surface area (Å²) in [5, 5.41) is 2.91. The predicted octanol–water partition coefficient (Wildman–Crippen LogP) is 3.02. The molecule has 5 heteroatoms. The smallest absolute Gasteiger partial charge is 0.245 e. The van der Waals surface area contributed by atoms with Gasteiger partial charge in [0.25, 0.3) is 0 Å². The van der Waals surface area contributed by atoms with E-state index in [1.165, 1.54) is 11.0 Å². The lowest BCUT2D eigenvalue weighted by molar-refractivity contribution is -0.141. The van der Waals surface area contributed by atoms with Gasteiger partial charge < -0.3 is 10.2 Å². The number of amides is 2. The van der Waals surface area contributed by atoms with Crippen LogP contribution in [0.1, 0.15) is 30.9 Å². The molecule has 2 aromatic rings. The molecule has 2 amide bonds. The summed E-state index contributed by atoms with van der Waals surface area (Å²) in [4.78, 5) is 26.6. The topological polar surface area (TPSA) is 49.4 Å². The highest BCUT2D eigenvalue weighted by Gasteiger charge is 2.47. The Labute approximate surface area is 146 Å². The van der Waals surface area contributed by atoms with E-state index in [1.54, 1.807) is 25.1 Å². The van der Waals surface area contributed by atoms with Crippen molar-refractivity contribution in [3.63, 3.8) is 0 Å². The first-order valence-electron chi connectivity index (χ1n) is 8.37. The monoisotopic (exact) mass is 340 g/mol. The number of hydrogen-bond donors (Lipinski definition) is 1. The molecule has 3 rings (SSSR count). The molecule has 4 nitrogen and oxygen atoms in total. The van der Waals surface area contributed by atoms with Crippen LogP contribution < -0.4 is 5.32 Å². The van der Waals surface area contributed by atoms with Gasteiger partial charge in [-0.25, -0.2) is 4.39 Å². The van der Waals surface area contributed by atoms with E-state index < -0.39 is 5.54 Å². The van der Waals surface area contributed by atoms with Gasteiger partial charge in [-0.3, -0.25) is 9.59 Å². The summed E-state index contributed by atoms with van der Waals surface area (Å²) in [5.74, 6) is -0.701. The van der Waals surface area contributed by atoms with Crippen LogP contribution in [0.3, 0.4) is 0 Å². The average Bonchev–Trinajstić information content (AvgIpc) is 2.92. The zero-order chi connectivity index (χ0) is 17.9. The largest absolute Gasteiger partial charge is 0.350 e. The maximum absolute atomic E-state index is 14.0. The number of halogens is 1. The number of hydrogen-bond acceptors (Lipinski definition) is 2. The zero-order valence-corrected chi connectivity index (χ0v) is 14.2. The standard InChI is InChI=1S/C20H21FN2O2/c1-20(19(25)22-13-15-7-3-2-4-8-15)12-11-18(24)23(20)14-16-9-5-6-10-17(16)21/h2-10H,11-14H2,1H3,(H,22,25)/t20-/m0/s1. The molecular formula is C20H21FN2O2. The van der Waals surface area contributed by atoms with Gasteiger partial charge in [0.2, 0.25) is 11.8 Å². The summed E-state index contributed by atoms with van der Waals surface area (Å²) in [6.45, 7) is 2.25. The predicted molar refractivity (Wildman–Crippen MR) is 92.9 cm³/mol. The van der Waals surface area contributed by atoms with Crippen molar-refractivity contribution in [1.82, 2.24) is 10.2 Å². The van der Waals surface area contributed by atoms with Crippen molar-refractivity contribution >= 4 is 11.8 Å². The van der Waals surface area contributed by atoms with Crippen LogP contribution >= 0.6 is 0 Å². The van der Waals surface area contributed by atoms with Crippen molar-refractivity contribution in [1.29, 1.82) is 0 Å². The Kier molecular flexibility index (Phi) is 4.83. The van der Waals surface area contributed by atoms with Crippen molar-refractivity contribution in [3.05, 3.63) is 71.5 Å². The van der Waals surface area contributed by atoms with Gasteiger partial charge in [0.1, 0.15) is 11.4 Å². The fourth-order valence-corrected chi connectivity index (χ4v) is 3.16. The molecule has 0 unspecified atom stereocenters. The first kappa shape index (κ1) is 17.1. The van der Waals surface area contributed by atoms with E-state index in [4.69, 9.17) is 0 Å². The minimum atomic E-state index is -0.964. The van der Waals surface area contributed by atoms with Gasteiger partial charge in [0, 0.05) is 25.1 Å². The second-order valence-electron chi connectivity index (χ2n) is 6.51. The van der Waals surface area contributed by atoms with Crippen molar-refractivity contribution < 1.29 is 14.0 Å². The first-order chi connectivity index (χ1) is 12.0. The van der Waals surface area contributed by atoms with Crippen LogP contribution in [-0.2, 0) is 22.7 Å². The second-order valence-corrected chi connectivity index (χ2v) is 6.51. The van der Waals surface area contributed by atoms with Gasteiger partial charge in [-0.2, -0.15) is 0 Å². The molecule has 1 fully saturated rings. The summed E-state index contributed by atoms with van der Waals surface area (Å²) in [6.07, 6.45) is 0.727. The van der Waals surface area contributed by atoms with Crippen LogP contribution in [0.15, 0.2) is 54.6 Å². The molecule has 0 aromatic heterocycles. The number of rotatable bonds is 5.